The standard InChI is InChI=1S/C28H21O6PS2.C9H20/c29-36(30,31)27-18-16-22-17-19-28(21-23(22)20-27)37(32,33)34-35(24-10-4-1-5-11-24,25-12-6-2-7-13-25)26-14-8-3-9-15-26;1-3-5-7-9-8-6-4-2/h1-21H;3-9H2,1-2H3. The van der Waals surface area contributed by atoms with E-state index < -0.39 is 32.6 Å². The van der Waals surface area contributed by atoms with Gasteiger partial charge in [-0.2, -0.15) is 8.42 Å². The van der Waals surface area contributed by atoms with E-state index in [1.807, 2.05) is 91.0 Å². The van der Waals surface area contributed by atoms with Crippen LogP contribution in [0.3, 0.4) is 0 Å². The highest BCUT2D eigenvalue weighted by molar-refractivity contribution is 8.01. The average Bonchev–Trinajstić information content (AvgIpc) is 3.08. The van der Waals surface area contributed by atoms with Gasteiger partial charge in [-0.15, -0.1) is 0 Å². The van der Waals surface area contributed by atoms with Crippen molar-refractivity contribution in [2.24, 2.45) is 0 Å². The van der Waals surface area contributed by atoms with Gasteiger partial charge >= 0.3 is 10.1 Å². The molecule has 0 atom stereocenters. The molecule has 6 nitrogen and oxygen atoms in total. The maximum atomic E-state index is 13.9. The van der Waals surface area contributed by atoms with E-state index in [-0.39, 0.29) is 4.90 Å². The molecule has 0 radical (unpaired) electrons. The molecule has 0 unspecified atom stereocenters. The summed E-state index contributed by atoms with van der Waals surface area (Å²) in [7, 11) is -12.3. The Kier molecular flexibility index (Phi) is 12.7. The van der Waals surface area contributed by atoms with Gasteiger partial charge < -0.3 is 4.55 Å². The van der Waals surface area contributed by atoms with Crippen molar-refractivity contribution in [3.05, 3.63) is 127 Å². The third-order valence-corrected chi connectivity index (χ3v) is 14.1. The fourth-order valence-electron chi connectivity index (χ4n) is 5.22. The van der Waals surface area contributed by atoms with Crippen LogP contribution in [0.5, 0.6) is 0 Å². The Morgan fingerprint density at radius 2 is 0.913 bits per heavy atom. The summed E-state index contributed by atoms with van der Waals surface area (Å²) in [6.45, 7) is 4.53. The monoisotopic (exact) mass is 676 g/mol. The van der Waals surface area contributed by atoms with Crippen molar-refractivity contribution in [1.29, 1.82) is 0 Å². The number of fused-ring (bicyclic) bond motifs is 1. The van der Waals surface area contributed by atoms with E-state index in [4.69, 9.17) is 3.97 Å². The Balaban J connectivity index is 0.000000468. The lowest BCUT2D eigenvalue weighted by atomic mass is 10.1. The number of rotatable bonds is 13. The summed E-state index contributed by atoms with van der Waals surface area (Å²) in [5.41, 5.74) is 0. The van der Waals surface area contributed by atoms with E-state index in [0.717, 1.165) is 15.9 Å². The number of hydrogen-bond acceptors (Lipinski definition) is 6. The fraction of sp³-hybridized carbons (Fsp3) is 0.243. The smallest absolute Gasteiger partial charge is 0.329 e. The zero-order valence-corrected chi connectivity index (χ0v) is 28.8. The minimum Gasteiger partial charge on any atom is -0.744 e. The Bertz CT molecular complexity index is 1800. The molecule has 0 fully saturated rings. The Labute approximate surface area is 274 Å². The van der Waals surface area contributed by atoms with Crippen LogP contribution in [-0.2, 0) is 24.2 Å². The summed E-state index contributed by atoms with van der Waals surface area (Å²) in [5, 5.41) is 3.04. The van der Waals surface area contributed by atoms with Gasteiger partial charge in [0.1, 0.15) is 26.0 Å². The van der Waals surface area contributed by atoms with E-state index in [0.29, 0.717) is 10.8 Å². The SMILES string of the molecule is CCCCCCCCC.O=S(=O)([O-])c1ccc2ccc(S(=O)(=O)O[P+](c3ccccc3)(c3ccccc3)c3ccccc3)cc2c1. The van der Waals surface area contributed by atoms with Gasteiger partial charge in [-0.3, -0.25) is 0 Å². The van der Waals surface area contributed by atoms with Crippen molar-refractivity contribution in [3.63, 3.8) is 0 Å². The molecule has 5 aromatic carbocycles. The van der Waals surface area contributed by atoms with Crippen molar-refractivity contribution in [2.75, 3.05) is 0 Å². The largest absolute Gasteiger partial charge is 0.744 e. The Morgan fingerprint density at radius 3 is 1.33 bits per heavy atom. The van der Waals surface area contributed by atoms with E-state index in [1.54, 1.807) is 6.07 Å². The minimum atomic E-state index is -4.70. The van der Waals surface area contributed by atoms with Gasteiger partial charge in [0, 0.05) is 0 Å². The van der Waals surface area contributed by atoms with Crippen LogP contribution < -0.4 is 15.9 Å². The van der Waals surface area contributed by atoms with Crippen LogP contribution in [0, 0.1) is 0 Å². The van der Waals surface area contributed by atoms with Crippen LogP contribution in [0.15, 0.2) is 137 Å². The second-order valence-electron chi connectivity index (χ2n) is 11.0. The molecule has 0 N–H and O–H groups in total. The first-order chi connectivity index (χ1) is 22.1. The fourth-order valence-corrected chi connectivity index (χ4v) is 11.5. The summed E-state index contributed by atoms with van der Waals surface area (Å²) >= 11 is 0. The van der Waals surface area contributed by atoms with Crippen LogP contribution in [0.1, 0.15) is 58.8 Å². The molecule has 0 amide bonds. The molecule has 242 valence electrons. The topological polar surface area (TPSA) is 101 Å². The zero-order chi connectivity index (χ0) is 33.0. The van der Waals surface area contributed by atoms with Gasteiger partial charge in [-0.05, 0) is 71.4 Å². The average molecular weight is 677 g/mol. The van der Waals surface area contributed by atoms with Crippen LogP contribution in [-0.4, -0.2) is 21.4 Å². The molecule has 0 aliphatic rings. The summed E-state index contributed by atoms with van der Waals surface area (Å²) in [6.07, 6.45) is 9.97. The lowest BCUT2D eigenvalue weighted by molar-refractivity contribution is 0.463. The maximum absolute atomic E-state index is 13.9. The van der Waals surface area contributed by atoms with Crippen molar-refractivity contribution in [2.45, 2.75) is 68.6 Å². The van der Waals surface area contributed by atoms with Gasteiger partial charge in [0.25, 0.3) is 7.49 Å². The first-order valence-corrected chi connectivity index (χ1v) is 20.2. The van der Waals surface area contributed by atoms with Crippen LogP contribution in [0.4, 0.5) is 0 Å². The van der Waals surface area contributed by atoms with Crippen molar-refractivity contribution < 1.29 is 25.4 Å². The van der Waals surface area contributed by atoms with Gasteiger partial charge in [0.05, 0.1) is 9.79 Å². The molecule has 0 saturated heterocycles. The lowest BCUT2D eigenvalue weighted by Gasteiger charge is -2.24. The molecule has 0 aromatic heterocycles. The second-order valence-corrected chi connectivity index (χ2v) is 17.2. The zero-order valence-electron chi connectivity index (χ0n) is 26.3. The summed E-state index contributed by atoms with van der Waals surface area (Å²) in [4.78, 5) is -0.581. The molecule has 9 heteroatoms. The van der Waals surface area contributed by atoms with E-state index in [1.165, 1.54) is 75.3 Å². The van der Waals surface area contributed by atoms with Crippen molar-refractivity contribution >= 4 is 54.4 Å². The highest BCUT2D eigenvalue weighted by Gasteiger charge is 2.52. The van der Waals surface area contributed by atoms with Crippen molar-refractivity contribution in [3.8, 4) is 0 Å². The van der Waals surface area contributed by atoms with Crippen molar-refractivity contribution in [1.82, 2.24) is 0 Å². The second kappa shape index (κ2) is 16.4. The molecule has 0 bridgehead atoms. The molecule has 0 aliphatic heterocycles. The van der Waals surface area contributed by atoms with Gasteiger partial charge in [-0.1, -0.05) is 129 Å². The normalized spacial score (nSPS) is 12.0. The lowest BCUT2D eigenvalue weighted by Crippen LogP contribution is -2.34. The maximum Gasteiger partial charge on any atom is 0.329 e. The predicted molar refractivity (Wildman–Crippen MR) is 189 cm³/mol. The highest BCUT2D eigenvalue weighted by atomic mass is 32.2. The third-order valence-electron chi connectivity index (χ3n) is 7.64. The molecular weight excluding hydrogens is 636 g/mol. The molecule has 0 heterocycles. The first kappa shape index (κ1) is 35.5. The summed E-state index contributed by atoms with van der Waals surface area (Å²) < 4.78 is 68.7. The van der Waals surface area contributed by atoms with Crippen LogP contribution in [0.2, 0.25) is 0 Å². The van der Waals surface area contributed by atoms with E-state index in [2.05, 4.69) is 13.8 Å². The molecule has 0 aliphatic carbocycles. The van der Waals surface area contributed by atoms with Gasteiger partial charge in [0.2, 0.25) is 0 Å². The minimum absolute atomic E-state index is 0.146. The Hall–Kier alpha value is -3.39. The van der Waals surface area contributed by atoms with E-state index >= 15 is 0 Å². The molecule has 0 saturated carbocycles. The molecule has 5 rings (SSSR count). The molecule has 46 heavy (non-hydrogen) atoms. The number of benzene rings is 5. The van der Waals surface area contributed by atoms with Gasteiger partial charge in [-0.25, -0.2) is 8.42 Å². The number of unbranched alkanes of at least 4 members (excludes halogenated alkanes) is 6. The first-order valence-electron chi connectivity index (χ1n) is 15.6. The molecule has 5 aromatic rings. The predicted octanol–water partition coefficient (Wildman–Crippen LogP) is 8.12. The van der Waals surface area contributed by atoms with Crippen LogP contribution >= 0.6 is 7.49 Å². The molecular formula is C37H41O6PS2. The third kappa shape index (κ3) is 8.90. The number of hydrogen-bond donors (Lipinski definition) is 0. The summed E-state index contributed by atoms with van der Waals surface area (Å²) in [5.74, 6) is 0. The molecule has 0 spiro atoms. The van der Waals surface area contributed by atoms with E-state index in [9.17, 15) is 21.4 Å². The Morgan fingerprint density at radius 1 is 0.522 bits per heavy atom. The highest BCUT2D eigenvalue weighted by Crippen LogP contribution is 2.58. The van der Waals surface area contributed by atoms with Gasteiger partial charge in [0.15, 0.2) is 0 Å². The summed E-state index contributed by atoms with van der Waals surface area (Å²) in [6, 6.07) is 35.9. The van der Waals surface area contributed by atoms with Crippen LogP contribution in [0.25, 0.3) is 10.8 Å². The quantitative estimate of drug-likeness (QED) is 0.0710.